The van der Waals surface area contributed by atoms with Crippen molar-refractivity contribution in [2.24, 2.45) is 23.5 Å². The third-order valence-corrected chi connectivity index (χ3v) is 5.68. The van der Waals surface area contributed by atoms with E-state index in [4.69, 9.17) is 5.73 Å². The molecule has 2 fully saturated rings. The topological polar surface area (TPSA) is 46.3 Å². The number of hydrogen-bond donors (Lipinski definition) is 1. The SMILES string of the molecule is CCCCC1CCC(C(=O)N2CCCC(C(C)N)C2)CC1. The lowest BCUT2D eigenvalue weighted by atomic mass is 9.79. The second kappa shape index (κ2) is 8.17. The van der Waals surface area contributed by atoms with Crippen LogP contribution in [0.5, 0.6) is 0 Å². The van der Waals surface area contributed by atoms with E-state index in [1.54, 1.807) is 0 Å². The maximum Gasteiger partial charge on any atom is 0.225 e. The Hall–Kier alpha value is -0.570. The lowest BCUT2D eigenvalue weighted by Gasteiger charge is -2.38. The summed E-state index contributed by atoms with van der Waals surface area (Å²) in [5.74, 6) is 2.11. The maximum absolute atomic E-state index is 12.7. The normalized spacial score (nSPS) is 32.0. The molecule has 2 unspecified atom stereocenters. The van der Waals surface area contributed by atoms with E-state index in [0.29, 0.717) is 17.7 Å². The van der Waals surface area contributed by atoms with Crippen molar-refractivity contribution in [3.63, 3.8) is 0 Å². The van der Waals surface area contributed by atoms with Crippen molar-refractivity contribution >= 4 is 5.91 Å². The number of carbonyl (C=O) groups excluding carboxylic acids is 1. The fraction of sp³-hybridized carbons (Fsp3) is 0.944. The van der Waals surface area contributed by atoms with Crippen LogP contribution in [0.4, 0.5) is 0 Å². The summed E-state index contributed by atoms with van der Waals surface area (Å²) >= 11 is 0. The molecule has 2 rings (SSSR count). The fourth-order valence-electron chi connectivity index (χ4n) is 4.09. The number of hydrogen-bond acceptors (Lipinski definition) is 2. The van der Waals surface area contributed by atoms with Crippen LogP contribution in [0.25, 0.3) is 0 Å². The summed E-state index contributed by atoms with van der Waals surface area (Å²) in [5.41, 5.74) is 6.03. The van der Waals surface area contributed by atoms with Crippen molar-refractivity contribution in [2.75, 3.05) is 13.1 Å². The van der Waals surface area contributed by atoms with Gasteiger partial charge in [-0.05, 0) is 57.3 Å². The summed E-state index contributed by atoms with van der Waals surface area (Å²) in [6.45, 7) is 6.20. The van der Waals surface area contributed by atoms with Crippen LogP contribution in [0.15, 0.2) is 0 Å². The Morgan fingerprint density at radius 2 is 1.95 bits per heavy atom. The van der Waals surface area contributed by atoms with Gasteiger partial charge in [0.25, 0.3) is 0 Å². The molecule has 2 aliphatic rings. The number of piperidine rings is 1. The first kappa shape index (κ1) is 16.8. The molecule has 0 aromatic heterocycles. The molecule has 0 aromatic rings. The Balaban J connectivity index is 1.78. The molecule has 2 atom stereocenters. The second-order valence-electron chi connectivity index (χ2n) is 7.41. The number of nitrogens with zero attached hydrogens (tertiary/aromatic N) is 1. The van der Waals surface area contributed by atoms with Crippen molar-refractivity contribution in [3.8, 4) is 0 Å². The number of nitrogens with two attached hydrogens (primary N) is 1. The molecule has 122 valence electrons. The van der Waals surface area contributed by atoms with Crippen LogP contribution < -0.4 is 5.73 Å². The largest absolute Gasteiger partial charge is 0.342 e. The standard InChI is InChI=1S/C18H34N2O/c1-3-4-6-15-8-10-16(11-9-15)18(21)20-12-5-7-17(13-20)14(2)19/h14-17H,3-13,19H2,1-2H3. The maximum atomic E-state index is 12.7. The van der Waals surface area contributed by atoms with Gasteiger partial charge in [0.05, 0.1) is 0 Å². The van der Waals surface area contributed by atoms with E-state index in [1.165, 1.54) is 38.5 Å². The van der Waals surface area contributed by atoms with Crippen molar-refractivity contribution in [2.45, 2.75) is 77.7 Å². The minimum atomic E-state index is 0.213. The second-order valence-corrected chi connectivity index (χ2v) is 7.41. The molecule has 0 radical (unpaired) electrons. The fourth-order valence-corrected chi connectivity index (χ4v) is 4.09. The zero-order valence-corrected chi connectivity index (χ0v) is 14.0. The van der Waals surface area contributed by atoms with Gasteiger partial charge in [0.2, 0.25) is 5.91 Å². The van der Waals surface area contributed by atoms with Gasteiger partial charge < -0.3 is 10.6 Å². The van der Waals surface area contributed by atoms with E-state index in [1.807, 2.05) is 0 Å². The summed E-state index contributed by atoms with van der Waals surface area (Å²) in [4.78, 5) is 14.8. The van der Waals surface area contributed by atoms with Crippen LogP contribution in [-0.4, -0.2) is 29.9 Å². The average Bonchev–Trinajstić information content (AvgIpc) is 2.53. The predicted molar refractivity (Wildman–Crippen MR) is 87.9 cm³/mol. The predicted octanol–water partition coefficient (Wildman–Crippen LogP) is 3.57. The summed E-state index contributed by atoms with van der Waals surface area (Å²) in [5, 5.41) is 0. The van der Waals surface area contributed by atoms with Crippen LogP contribution in [0.1, 0.15) is 71.6 Å². The van der Waals surface area contributed by atoms with Gasteiger partial charge in [-0.3, -0.25) is 4.79 Å². The molecule has 1 saturated heterocycles. The molecule has 0 spiro atoms. The molecule has 0 aromatic carbocycles. The zero-order valence-electron chi connectivity index (χ0n) is 14.0. The minimum Gasteiger partial charge on any atom is -0.342 e. The smallest absolute Gasteiger partial charge is 0.225 e. The number of rotatable bonds is 5. The molecule has 1 saturated carbocycles. The van der Waals surface area contributed by atoms with Crippen molar-refractivity contribution in [1.82, 2.24) is 4.90 Å². The lowest BCUT2D eigenvalue weighted by Crippen LogP contribution is -2.47. The van der Waals surface area contributed by atoms with E-state index in [9.17, 15) is 4.79 Å². The Bertz CT molecular complexity index is 321. The third-order valence-electron chi connectivity index (χ3n) is 5.68. The zero-order chi connectivity index (χ0) is 15.2. The van der Waals surface area contributed by atoms with Crippen LogP contribution in [0.3, 0.4) is 0 Å². The Labute approximate surface area is 130 Å². The highest BCUT2D eigenvalue weighted by molar-refractivity contribution is 5.79. The monoisotopic (exact) mass is 294 g/mol. The van der Waals surface area contributed by atoms with Gasteiger partial charge in [-0.15, -0.1) is 0 Å². The number of unbranched alkanes of at least 4 members (excludes halogenated alkanes) is 1. The van der Waals surface area contributed by atoms with Crippen LogP contribution in [0, 0.1) is 17.8 Å². The van der Waals surface area contributed by atoms with Crippen LogP contribution >= 0.6 is 0 Å². The molecule has 3 heteroatoms. The van der Waals surface area contributed by atoms with E-state index in [0.717, 1.165) is 38.3 Å². The molecule has 3 nitrogen and oxygen atoms in total. The first-order valence-corrected chi connectivity index (χ1v) is 9.16. The average molecular weight is 294 g/mol. The highest BCUT2D eigenvalue weighted by Crippen LogP contribution is 2.33. The molecule has 1 aliphatic carbocycles. The molecular formula is C18H34N2O. The Morgan fingerprint density at radius 1 is 1.24 bits per heavy atom. The van der Waals surface area contributed by atoms with Gasteiger partial charge in [-0.2, -0.15) is 0 Å². The Morgan fingerprint density at radius 3 is 2.57 bits per heavy atom. The van der Waals surface area contributed by atoms with E-state index in [-0.39, 0.29) is 6.04 Å². The first-order valence-electron chi connectivity index (χ1n) is 9.16. The van der Waals surface area contributed by atoms with Gasteiger partial charge >= 0.3 is 0 Å². The summed E-state index contributed by atoms with van der Waals surface area (Å²) in [6, 6.07) is 0.213. The van der Waals surface area contributed by atoms with Gasteiger partial charge in [-0.1, -0.05) is 26.2 Å². The van der Waals surface area contributed by atoms with Crippen LogP contribution in [0.2, 0.25) is 0 Å². The summed E-state index contributed by atoms with van der Waals surface area (Å²) < 4.78 is 0. The lowest BCUT2D eigenvalue weighted by molar-refractivity contribution is -0.138. The van der Waals surface area contributed by atoms with Gasteiger partial charge in [0, 0.05) is 25.0 Å². The van der Waals surface area contributed by atoms with Gasteiger partial charge in [0.1, 0.15) is 0 Å². The molecule has 0 bridgehead atoms. The highest BCUT2D eigenvalue weighted by atomic mass is 16.2. The van der Waals surface area contributed by atoms with Gasteiger partial charge in [0.15, 0.2) is 0 Å². The molecule has 1 aliphatic heterocycles. The van der Waals surface area contributed by atoms with E-state index in [2.05, 4.69) is 18.7 Å². The van der Waals surface area contributed by atoms with Gasteiger partial charge in [-0.25, -0.2) is 0 Å². The summed E-state index contributed by atoms with van der Waals surface area (Å²) in [7, 11) is 0. The molecule has 21 heavy (non-hydrogen) atoms. The molecule has 1 amide bonds. The van der Waals surface area contributed by atoms with Crippen molar-refractivity contribution < 1.29 is 4.79 Å². The van der Waals surface area contributed by atoms with Crippen LogP contribution in [-0.2, 0) is 4.79 Å². The number of likely N-dealkylation sites (tertiary alicyclic amines) is 1. The highest BCUT2D eigenvalue weighted by Gasteiger charge is 2.32. The molecule has 2 N–H and O–H groups in total. The molecular weight excluding hydrogens is 260 g/mol. The summed E-state index contributed by atoms with van der Waals surface area (Å²) in [6.07, 6.45) is 11.1. The van der Waals surface area contributed by atoms with E-state index < -0.39 is 0 Å². The third kappa shape index (κ3) is 4.70. The van der Waals surface area contributed by atoms with E-state index >= 15 is 0 Å². The quantitative estimate of drug-likeness (QED) is 0.842. The number of amides is 1. The first-order chi connectivity index (χ1) is 10.1. The minimum absolute atomic E-state index is 0.213. The Kier molecular flexibility index (Phi) is 6.53. The van der Waals surface area contributed by atoms with Crippen molar-refractivity contribution in [1.29, 1.82) is 0 Å². The molecule has 1 heterocycles. The number of carbonyl (C=O) groups is 1. The van der Waals surface area contributed by atoms with Crippen molar-refractivity contribution in [3.05, 3.63) is 0 Å².